The molecule has 1 saturated heterocycles. The zero-order valence-corrected chi connectivity index (χ0v) is 14.3. The minimum atomic E-state index is 0.226. The predicted octanol–water partition coefficient (Wildman–Crippen LogP) is 2.16. The van der Waals surface area contributed by atoms with Gasteiger partial charge in [0, 0.05) is 62.3 Å². The minimum absolute atomic E-state index is 0.226. The Hall–Kier alpha value is -2.50. The van der Waals surface area contributed by atoms with Crippen LogP contribution in [0.15, 0.2) is 30.6 Å². The Morgan fingerprint density at radius 2 is 1.79 bits per heavy atom. The molecular weight excluding hydrogens is 302 g/mol. The minimum Gasteiger partial charge on any atom is -0.353 e. The summed E-state index contributed by atoms with van der Waals surface area (Å²) >= 11 is 0. The molecule has 0 spiro atoms. The monoisotopic (exact) mass is 325 g/mol. The molecule has 6 nitrogen and oxygen atoms in total. The Kier molecular flexibility index (Phi) is 5.03. The first-order valence-electron chi connectivity index (χ1n) is 8.52. The third kappa shape index (κ3) is 3.53. The highest BCUT2D eigenvalue weighted by atomic mass is 16.2. The van der Waals surface area contributed by atoms with Gasteiger partial charge in [-0.3, -0.25) is 9.78 Å². The molecule has 3 heterocycles. The van der Waals surface area contributed by atoms with E-state index in [0.717, 1.165) is 55.5 Å². The van der Waals surface area contributed by atoms with Crippen LogP contribution in [-0.4, -0.2) is 51.9 Å². The van der Waals surface area contributed by atoms with Gasteiger partial charge in [-0.1, -0.05) is 13.8 Å². The summed E-state index contributed by atoms with van der Waals surface area (Å²) in [4.78, 5) is 29.4. The number of carbonyl (C=O) groups excluding carboxylic acids is 1. The van der Waals surface area contributed by atoms with E-state index in [4.69, 9.17) is 4.98 Å². The molecular formula is C18H23N5O. The van der Waals surface area contributed by atoms with Crippen LogP contribution in [0.4, 0.5) is 5.82 Å². The summed E-state index contributed by atoms with van der Waals surface area (Å²) in [5.74, 6) is 1.90. The third-order valence-corrected chi connectivity index (χ3v) is 4.33. The lowest BCUT2D eigenvalue weighted by molar-refractivity contribution is -0.131. The number of aromatic nitrogens is 3. The fourth-order valence-corrected chi connectivity index (χ4v) is 2.86. The number of carbonyl (C=O) groups is 1. The molecule has 1 aliphatic heterocycles. The summed E-state index contributed by atoms with van der Waals surface area (Å²) in [5.41, 5.74) is 2.00. The number of hydrogen-bond donors (Lipinski definition) is 0. The van der Waals surface area contributed by atoms with Crippen LogP contribution in [0, 0.1) is 0 Å². The van der Waals surface area contributed by atoms with Crippen LogP contribution in [0.25, 0.3) is 11.4 Å². The molecule has 2 aromatic heterocycles. The third-order valence-electron chi connectivity index (χ3n) is 4.33. The Morgan fingerprint density at radius 1 is 1.08 bits per heavy atom. The first-order chi connectivity index (χ1) is 11.7. The standard InChI is InChI=1S/C18H23N5O/c1-3-15-13-16(21-18(20-15)14-5-7-19-8-6-14)22-9-11-23(12-10-22)17(24)4-2/h5-8,13H,3-4,9-12H2,1-2H3. The smallest absolute Gasteiger partial charge is 0.222 e. The van der Waals surface area contributed by atoms with Gasteiger partial charge in [0.15, 0.2) is 5.82 Å². The molecule has 0 atom stereocenters. The van der Waals surface area contributed by atoms with Crippen molar-refractivity contribution in [1.82, 2.24) is 19.9 Å². The Bertz CT molecular complexity index is 696. The highest BCUT2D eigenvalue weighted by Crippen LogP contribution is 2.21. The van der Waals surface area contributed by atoms with Crippen molar-refractivity contribution in [1.29, 1.82) is 0 Å². The average molecular weight is 325 g/mol. The van der Waals surface area contributed by atoms with Crippen LogP contribution in [0.3, 0.4) is 0 Å². The van der Waals surface area contributed by atoms with Crippen molar-refractivity contribution >= 4 is 11.7 Å². The van der Waals surface area contributed by atoms with Crippen molar-refractivity contribution in [3.8, 4) is 11.4 Å². The van der Waals surface area contributed by atoms with Gasteiger partial charge in [-0.2, -0.15) is 0 Å². The van der Waals surface area contributed by atoms with Gasteiger partial charge in [0.2, 0.25) is 5.91 Å². The molecule has 0 radical (unpaired) electrons. The zero-order valence-electron chi connectivity index (χ0n) is 14.3. The van der Waals surface area contributed by atoms with Crippen LogP contribution in [0.1, 0.15) is 26.0 Å². The average Bonchev–Trinajstić information content (AvgIpc) is 2.67. The molecule has 0 saturated carbocycles. The lowest BCUT2D eigenvalue weighted by Crippen LogP contribution is -2.48. The maximum Gasteiger partial charge on any atom is 0.222 e. The molecule has 126 valence electrons. The summed E-state index contributed by atoms with van der Waals surface area (Å²) in [6.45, 7) is 7.13. The van der Waals surface area contributed by atoms with E-state index in [-0.39, 0.29) is 5.91 Å². The predicted molar refractivity (Wildman–Crippen MR) is 93.7 cm³/mol. The number of hydrogen-bond acceptors (Lipinski definition) is 5. The van der Waals surface area contributed by atoms with Gasteiger partial charge in [0.1, 0.15) is 5.82 Å². The van der Waals surface area contributed by atoms with Crippen LogP contribution >= 0.6 is 0 Å². The summed E-state index contributed by atoms with van der Waals surface area (Å²) in [7, 11) is 0. The van der Waals surface area contributed by atoms with E-state index >= 15 is 0 Å². The van der Waals surface area contributed by atoms with Crippen LogP contribution in [0.5, 0.6) is 0 Å². The molecule has 1 aliphatic rings. The van der Waals surface area contributed by atoms with E-state index in [1.807, 2.05) is 24.0 Å². The molecule has 0 bridgehead atoms. The summed E-state index contributed by atoms with van der Waals surface area (Å²) in [6, 6.07) is 5.91. The Labute approximate surface area is 142 Å². The number of amides is 1. The van der Waals surface area contributed by atoms with E-state index in [0.29, 0.717) is 6.42 Å². The molecule has 1 fully saturated rings. The van der Waals surface area contributed by atoms with E-state index in [1.165, 1.54) is 0 Å². The normalized spacial score (nSPS) is 14.8. The maximum atomic E-state index is 11.8. The number of pyridine rings is 1. The molecule has 2 aromatic rings. The lowest BCUT2D eigenvalue weighted by Gasteiger charge is -2.35. The van der Waals surface area contributed by atoms with Crippen molar-refractivity contribution in [2.45, 2.75) is 26.7 Å². The van der Waals surface area contributed by atoms with Gasteiger partial charge >= 0.3 is 0 Å². The zero-order chi connectivity index (χ0) is 16.9. The topological polar surface area (TPSA) is 62.2 Å². The number of aryl methyl sites for hydroxylation is 1. The number of nitrogens with zero attached hydrogens (tertiary/aromatic N) is 5. The number of rotatable bonds is 4. The van der Waals surface area contributed by atoms with Crippen LogP contribution in [-0.2, 0) is 11.2 Å². The molecule has 0 N–H and O–H groups in total. The second-order valence-electron chi connectivity index (χ2n) is 5.85. The molecule has 6 heteroatoms. The van der Waals surface area contributed by atoms with E-state index < -0.39 is 0 Å². The summed E-state index contributed by atoms with van der Waals surface area (Å²) < 4.78 is 0. The molecule has 0 aliphatic carbocycles. The molecule has 3 rings (SSSR count). The second kappa shape index (κ2) is 7.38. The quantitative estimate of drug-likeness (QED) is 0.862. The number of anilines is 1. The maximum absolute atomic E-state index is 11.8. The van der Waals surface area contributed by atoms with E-state index in [9.17, 15) is 4.79 Å². The van der Waals surface area contributed by atoms with Crippen molar-refractivity contribution in [2.24, 2.45) is 0 Å². The Balaban J connectivity index is 1.82. The van der Waals surface area contributed by atoms with Gasteiger partial charge in [0.05, 0.1) is 0 Å². The second-order valence-corrected chi connectivity index (χ2v) is 5.85. The van der Waals surface area contributed by atoms with Crippen LogP contribution < -0.4 is 4.90 Å². The van der Waals surface area contributed by atoms with Crippen molar-refractivity contribution in [3.63, 3.8) is 0 Å². The lowest BCUT2D eigenvalue weighted by atomic mass is 10.2. The summed E-state index contributed by atoms with van der Waals surface area (Å²) in [5, 5.41) is 0. The fourth-order valence-electron chi connectivity index (χ4n) is 2.86. The molecule has 0 aromatic carbocycles. The largest absolute Gasteiger partial charge is 0.353 e. The molecule has 1 amide bonds. The van der Waals surface area contributed by atoms with Crippen LogP contribution in [0.2, 0.25) is 0 Å². The van der Waals surface area contributed by atoms with Crippen molar-refractivity contribution in [2.75, 3.05) is 31.1 Å². The fraction of sp³-hybridized carbons (Fsp3) is 0.444. The van der Waals surface area contributed by atoms with E-state index in [2.05, 4.69) is 27.9 Å². The van der Waals surface area contributed by atoms with Gasteiger partial charge in [-0.25, -0.2) is 9.97 Å². The van der Waals surface area contributed by atoms with Crippen molar-refractivity contribution < 1.29 is 4.79 Å². The molecule has 24 heavy (non-hydrogen) atoms. The first kappa shape index (κ1) is 16.4. The summed E-state index contributed by atoms with van der Waals surface area (Å²) in [6.07, 6.45) is 4.94. The first-order valence-corrected chi connectivity index (χ1v) is 8.52. The molecule has 0 unspecified atom stereocenters. The van der Waals surface area contributed by atoms with E-state index in [1.54, 1.807) is 12.4 Å². The SMILES string of the molecule is CCC(=O)N1CCN(c2cc(CC)nc(-c3ccncc3)n2)CC1. The Morgan fingerprint density at radius 3 is 2.42 bits per heavy atom. The van der Waals surface area contributed by atoms with Gasteiger partial charge in [0.25, 0.3) is 0 Å². The highest BCUT2D eigenvalue weighted by molar-refractivity contribution is 5.76. The van der Waals surface area contributed by atoms with Crippen molar-refractivity contribution in [3.05, 3.63) is 36.3 Å². The van der Waals surface area contributed by atoms with Gasteiger partial charge < -0.3 is 9.80 Å². The van der Waals surface area contributed by atoms with Gasteiger partial charge in [-0.15, -0.1) is 0 Å². The number of piperazine rings is 1. The van der Waals surface area contributed by atoms with Gasteiger partial charge in [-0.05, 0) is 18.6 Å². The highest BCUT2D eigenvalue weighted by Gasteiger charge is 2.21.